The Balaban J connectivity index is 2.82. The summed E-state index contributed by atoms with van der Waals surface area (Å²) in [5, 5.41) is 7.63. The van der Waals surface area contributed by atoms with E-state index in [1.54, 1.807) is 0 Å². The molecule has 0 aromatic carbocycles. The maximum absolute atomic E-state index is 11.2. The normalized spacial score (nSPS) is 13.7. The van der Waals surface area contributed by atoms with Crippen LogP contribution in [0.5, 0.6) is 0 Å². The lowest BCUT2D eigenvalue weighted by Crippen LogP contribution is -2.18. The molecule has 0 aliphatic carbocycles. The summed E-state index contributed by atoms with van der Waals surface area (Å²) in [4.78, 5) is 0. The molecule has 19 heavy (non-hydrogen) atoms. The van der Waals surface area contributed by atoms with Crippen LogP contribution in [0.4, 0.5) is 0 Å². The fourth-order valence-electron chi connectivity index (χ4n) is 2.27. The largest absolute Gasteiger partial charge is 0.319 e. The SMILES string of the molecule is CNCC(C)Cc1c(C)nn(CCS(C)(=O)=O)c1C. The topological polar surface area (TPSA) is 64.0 Å². The number of hydrogen-bond acceptors (Lipinski definition) is 4. The van der Waals surface area contributed by atoms with Gasteiger partial charge in [0.2, 0.25) is 0 Å². The lowest BCUT2D eigenvalue weighted by molar-refractivity contribution is 0.538. The fourth-order valence-corrected chi connectivity index (χ4v) is 2.77. The summed E-state index contributed by atoms with van der Waals surface area (Å²) in [5.74, 6) is 0.676. The number of sulfone groups is 1. The Morgan fingerprint density at radius 1 is 1.37 bits per heavy atom. The zero-order valence-corrected chi connectivity index (χ0v) is 13.3. The quantitative estimate of drug-likeness (QED) is 0.811. The van der Waals surface area contributed by atoms with Crippen LogP contribution < -0.4 is 5.32 Å². The molecule has 1 aromatic heterocycles. The molecule has 0 saturated carbocycles. The predicted octanol–water partition coefficient (Wildman–Crippen LogP) is 0.943. The molecular weight excluding hydrogens is 262 g/mol. The monoisotopic (exact) mass is 287 g/mol. The number of aryl methyl sites for hydroxylation is 2. The zero-order valence-electron chi connectivity index (χ0n) is 12.5. The summed E-state index contributed by atoms with van der Waals surface area (Å²) in [6, 6.07) is 0. The molecule has 0 aliphatic heterocycles. The molecule has 0 saturated heterocycles. The van der Waals surface area contributed by atoms with E-state index in [0.29, 0.717) is 12.5 Å². The highest BCUT2D eigenvalue weighted by atomic mass is 32.2. The van der Waals surface area contributed by atoms with Crippen molar-refractivity contribution in [2.45, 2.75) is 33.7 Å². The van der Waals surface area contributed by atoms with Crippen molar-refractivity contribution >= 4 is 9.84 Å². The molecule has 0 spiro atoms. The van der Waals surface area contributed by atoms with Crippen LogP contribution in [-0.4, -0.2) is 43.8 Å². The van der Waals surface area contributed by atoms with E-state index in [1.165, 1.54) is 11.8 Å². The second-order valence-electron chi connectivity index (χ2n) is 5.37. The molecule has 1 unspecified atom stereocenters. The minimum atomic E-state index is -2.95. The van der Waals surface area contributed by atoms with Crippen LogP contribution in [0, 0.1) is 19.8 Å². The molecule has 6 heteroatoms. The van der Waals surface area contributed by atoms with Gasteiger partial charge in [-0.05, 0) is 45.3 Å². The Morgan fingerprint density at radius 2 is 2.00 bits per heavy atom. The van der Waals surface area contributed by atoms with Crippen molar-refractivity contribution in [3.63, 3.8) is 0 Å². The van der Waals surface area contributed by atoms with Crippen molar-refractivity contribution in [1.29, 1.82) is 0 Å². The number of nitrogens with zero attached hydrogens (tertiary/aromatic N) is 2. The van der Waals surface area contributed by atoms with E-state index < -0.39 is 9.84 Å². The summed E-state index contributed by atoms with van der Waals surface area (Å²) in [6.45, 7) is 7.61. The van der Waals surface area contributed by atoms with Crippen LogP contribution in [0.2, 0.25) is 0 Å². The third-order valence-electron chi connectivity index (χ3n) is 3.31. The fraction of sp³-hybridized carbons (Fsp3) is 0.769. The van der Waals surface area contributed by atoms with Gasteiger partial charge < -0.3 is 5.32 Å². The average Bonchev–Trinajstić information content (AvgIpc) is 2.53. The van der Waals surface area contributed by atoms with Crippen LogP contribution in [0.25, 0.3) is 0 Å². The molecule has 1 atom stereocenters. The predicted molar refractivity (Wildman–Crippen MR) is 78.2 cm³/mol. The van der Waals surface area contributed by atoms with Crippen molar-refractivity contribution in [2.24, 2.45) is 5.92 Å². The maximum Gasteiger partial charge on any atom is 0.149 e. The lowest BCUT2D eigenvalue weighted by atomic mass is 10.00. The molecule has 5 nitrogen and oxygen atoms in total. The smallest absolute Gasteiger partial charge is 0.149 e. The van der Waals surface area contributed by atoms with E-state index in [9.17, 15) is 8.42 Å². The van der Waals surface area contributed by atoms with Crippen molar-refractivity contribution < 1.29 is 8.42 Å². The van der Waals surface area contributed by atoms with Crippen LogP contribution >= 0.6 is 0 Å². The van der Waals surface area contributed by atoms with Gasteiger partial charge in [0.25, 0.3) is 0 Å². The molecule has 1 heterocycles. The van der Waals surface area contributed by atoms with Gasteiger partial charge in [-0.3, -0.25) is 4.68 Å². The van der Waals surface area contributed by atoms with E-state index in [1.807, 2.05) is 25.6 Å². The van der Waals surface area contributed by atoms with Crippen LogP contribution in [0.1, 0.15) is 23.9 Å². The van der Waals surface area contributed by atoms with Crippen molar-refractivity contribution in [3.8, 4) is 0 Å². The Bertz CT molecular complexity index is 520. The number of rotatable bonds is 7. The Labute approximate surface area is 116 Å². The highest BCUT2D eigenvalue weighted by Gasteiger charge is 2.15. The van der Waals surface area contributed by atoms with Crippen molar-refractivity contribution in [1.82, 2.24) is 15.1 Å². The molecule has 0 amide bonds. The van der Waals surface area contributed by atoms with Gasteiger partial charge in [-0.25, -0.2) is 8.42 Å². The molecule has 0 bridgehead atoms. The Kier molecular flexibility index (Phi) is 5.55. The minimum absolute atomic E-state index is 0.139. The third-order valence-corrected chi connectivity index (χ3v) is 4.23. The first kappa shape index (κ1) is 16.2. The molecule has 0 aliphatic rings. The second-order valence-corrected chi connectivity index (χ2v) is 7.63. The zero-order chi connectivity index (χ0) is 14.6. The third kappa shape index (κ3) is 4.95. The van der Waals surface area contributed by atoms with E-state index in [-0.39, 0.29) is 5.75 Å². The van der Waals surface area contributed by atoms with Gasteiger partial charge >= 0.3 is 0 Å². The van der Waals surface area contributed by atoms with E-state index in [2.05, 4.69) is 17.3 Å². The number of nitrogens with one attached hydrogen (secondary N) is 1. The van der Waals surface area contributed by atoms with E-state index in [0.717, 1.165) is 24.4 Å². The highest BCUT2D eigenvalue weighted by Crippen LogP contribution is 2.17. The van der Waals surface area contributed by atoms with Crippen LogP contribution in [0.3, 0.4) is 0 Å². The molecule has 110 valence electrons. The summed E-state index contributed by atoms with van der Waals surface area (Å²) in [7, 11) is -0.995. The van der Waals surface area contributed by atoms with Crippen LogP contribution in [-0.2, 0) is 22.8 Å². The van der Waals surface area contributed by atoms with Crippen molar-refractivity contribution in [3.05, 3.63) is 17.0 Å². The van der Waals surface area contributed by atoms with Gasteiger partial charge in [-0.15, -0.1) is 0 Å². The highest BCUT2D eigenvalue weighted by molar-refractivity contribution is 7.90. The van der Waals surface area contributed by atoms with E-state index >= 15 is 0 Å². The van der Waals surface area contributed by atoms with Crippen molar-refractivity contribution in [2.75, 3.05) is 25.6 Å². The number of hydrogen-bond donors (Lipinski definition) is 1. The van der Waals surface area contributed by atoms with Crippen LogP contribution in [0.15, 0.2) is 0 Å². The first-order valence-corrected chi connectivity index (χ1v) is 8.66. The Hall–Kier alpha value is -0.880. The summed E-state index contributed by atoms with van der Waals surface area (Å²) >= 11 is 0. The first-order valence-electron chi connectivity index (χ1n) is 6.59. The summed E-state index contributed by atoms with van der Waals surface area (Å²) in [5.41, 5.74) is 3.34. The van der Waals surface area contributed by atoms with Gasteiger partial charge in [0, 0.05) is 11.9 Å². The first-order chi connectivity index (χ1) is 8.74. The van der Waals surface area contributed by atoms with E-state index in [4.69, 9.17) is 0 Å². The standard InChI is InChI=1S/C13H25N3O2S/c1-10(9-14-4)8-13-11(2)15-16(12(13)3)6-7-19(5,17)18/h10,14H,6-9H2,1-5H3. The van der Waals surface area contributed by atoms with Gasteiger partial charge in [-0.2, -0.15) is 5.10 Å². The molecule has 0 radical (unpaired) electrons. The molecule has 0 fully saturated rings. The summed E-state index contributed by atoms with van der Waals surface area (Å²) < 4.78 is 24.3. The second kappa shape index (κ2) is 6.52. The molecular formula is C13H25N3O2S. The van der Waals surface area contributed by atoms with Gasteiger partial charge in [-0.1, -0.05) is 6.92 Å². The van der Waals surface area contributed by atoms with Gasteiger partial charge in [0.1, 0.15) is 9.84 Å². The molecule has 1 N–H and O–H groups in total. The summed E-state index contributed by atoms with van der Waals surface area (Å²) in [6.07, 6.45) is 2.23. The molecule has 1 aromatic rings. The lowest BCUT2D eigenvalue weighted by Gasteiger charge is -2.11. The van der Waals surface area contributed by atoms with Gasteiger partial charge in [0.05, 0.1) is 18.0 Å². The average molecular weight is 287 g/mol. The Morgan fingerprint density at radius 3 is 2.53 bits per heavy atom. The molecule has 1 rings (SSSR count). The number of aromatic nitrogens is 2. The minimum Gasteiger partial charge on any atom is -0.319 e. The maximum atomic E-state index is 11.2. The van der Waals surface area contributed by atoms with Gasteiger partial charge in [0.15, 0.2) is 0 Å².